The Morgan fingerprint density at radius 2 is 0.662 bits per heavy atom. The molecule has 10 nitrogen and oxygen atoms in total. The van der Waals surface area contributed by atoms with Gasteiger partial charge in [-0.2, -0.15) is 0 Å². The van der Waals surface area contributed by atoms with Crippen molar-refractivity contribution in [3.8, 4) is 11.5 Å². The van der Waals surface area contributed by atoms with E-state index in [4.69, 9.17) is 44.3 Å². The molecule has 6 rings (SSSR count). The highest BCUT2D eigenvalue weighted by Gasteiger charge is 2.29. The van der Waals surface area contributed by atoms with Crippen molar-refractivity contribution < 1.29 is 28.7 Å². The van der Waals surface area contributed by atoms with Crippen LogP contribution in [0.3, 0.4) is 0 Å². The second-order valence-corrected chi connectivity index (χ2v) is 17.9. The Balaban J connectivity index is 0.000000275. The Hall–Kier alpha value is -6.33. The zero-order valence-electron chi connectivity index (χ0n) is 38.9. The maximum atomic E-state index is 12.9. The third-order valence-corrected chi connectivity index (χ3v) is 11.2. The molecule has 0 heterocycles. The molecule has 0 aliphatic rings. The summed E-state index contributed by atoms with van der Waals surface area (Å²) < 4.78 is 9.76. The van der Waals surface area contributed by atoms with Gasteiger partial charge in [0.05, 0.1) is 14.2 Å². The van der Waals surface area contributed by atoms with Crippen LogP contribution < -0.4 is 30.7 Å². The Morgan fingerprint density at radius 1 is 0.412 bits per heavy atom. The van der Waals surface area contributed by atoms with Gasteiger partial charge in [-0.15, -0.1) is 0 Å². The predicted octanol–water partition coefficient (Wildman–Crippen LogP) is 10.9. The van der Waals surface area contributed by atoms with Crippen molar-refractivity contribution in [3.05, 3.63) is 203 Å². The first-order chi connectivity index (χ1) is 32.9. The number of carbonyl (C=O) groups excluding carboxylic acids is 4. The van der Waals surface area contributed by atoms with Crippen LogP contribution in [0, 0.1) is 11.8 Å². The molecule has 4 N–H and O–H groups in total. The average Bonchev–Trinajstić information content (AvgIpc) is 3.37. The van der Waals surface area contributed by atoms with E-state index in [1.54, 1.807) is 14.2 Å². The molecule has 0 unspecified atom stereocenters. The highest BCUT2D eigenvalue weighted by molar-refractivity contribution is 6.63. The summed E-state index contributed by atoms with van der Waals surface area (Å²) in [4.78, 5) is 51.4. The number of halogens is 3. The zero-order valence-corrected chi connectivity index (χ0v) is 41.1. The molecular formula is C55H61Cl3N4O6. The molecule has 6 aromatic carbocycles. The van der Waals surface area contributed by atoms with E-state index in [-0.39, 0.29) is 60.1 Å². The molecule has 358 valence electrons. The van der Waals surface area contributed by atoms with Crippen LogP contribution in [0.15, 0.2) is 170 Å². The third-order valence-electron chi connectivity index (χ3n) is 11.2. The molecule has 13 heteroatoms. The molecule has 0 aromatic heterocycles. The molecule has 68 heavy (non-hydrogen) atoms. The van der Waals surface area contributed by atoms with Gasteiger partial charge in [0, 0.05) is 62.7 Å². The third kappa shape index (κ3) is 19.9. The predicted molar refractivity (Wildman–Crippen MR) is 274 cm³/mol. The quantitative estimate of drug-likeness (QED) is 0.0563. The van der Waals surface area contributed by atoms with E-state index in [0.717, 1.165) is 44.9 Å². The maximum Gasteiger partial charge on any atom is 0.223 e. The van der Waals surface area contributed by atoms with E-state index in [9.17, 15) is 19.2 Å². The van der Waals surface area contributed by atoms with E-state index in [1.807, 2.05) is 184 Å². The Bertz CT molecular complexity index is 2210. The fourth-order valence-electron chi connectivity index (χ4n) is 7.26. The molecule has 4 amide bonds. The maximum absolute atomic E-state index is 12.9. The molecule has 0 aliphatic carbocycles. The number of methoxy groups -OCH3 is 2. The lowest BCUT2D eigenvalue weighted by Gasteiger charge is -2.24. The molecule has 0 spiro atoms. The summed E-state index contributed by atoms with van der Waals surface area (Å²) in [5.41, 5.74) is 6.02. The second-order valence-electron chi connectivity index (χ2n) is 15.9. The lowest BCUT2D eigenvalue weighted by atomic mass is 9.83. The van der Waals surface area contributed by atoms with Crippen molar-refractivity contribution >= 4 is 58.4 Å². The van der Waals surface area contributed by atoms with Crippen molar-refractivity contribution in [2.75, 3.05) is 14.2 Å². The van der Waals surface area contributed by atoms with Gasteiger partial charge in [0.25, 0.3) is 0 Å². The summed E-state index contributed by atoms with van der Waals surface area (Å²) in [7, 11) is 3.23. The van der Waals surface area contributed by atoms with Gasteiger partial charge in [-0.25, -0.2) is 0 Å². The summed E-state index contributed by atoms with van der Waals surface area (Å²) in [5, 5.41) is 12.0. The minimum Gasteiger partial charge on any atom is -0.497 e. The van der Waals surface area contributed by atoms with Crippen LogP contribution in [0.25, 0.3) is 0 Å². The summed E-state index contributed by atoms with van der Waals surface area (Å²) in [6, 6.07) is 54.3. The van der Waals surface area contributed by atoms with Crippen LogP contribution in [0.2, 0.25) is 0 Å². The van der Waals surface area contributed by atoms with Gasteiger partial charge in [-0.05, 0) is 57.6 Å². The highest BCUT2D eigenvalue weighted by Crippen LogP contribution is 2.31. The Kier molecular flexibility index (Phi) is 24.1. The zero-order chi connectivity index (χ0) is 49.1. The van der Waals surface area contributed by atoms with Crippen molar-refractivity contribution in [1.29, 1.82) is 0 Å². The van der Waals surface area contributed by atoms with Crippen molar-refractivity contribution in [2.24, 2.45) is 11.8 Å². The summed E-state index contributed by atoms with van der Waals surface area (Å²) in [6.07, 6.45) is 0.443. The number of ether oxygens (including phenoxy) is 2. The second kappa shape index (κ2) is 30.1. The summed E-state index contributed by atoms with van der Waals surface area (Å²) in [5.74, 6) is -0.126. The number of hydrogen-bond acceptors (Lipinski definition) is 6. The van der Waals surface area contributed by atoms with Gasteiger partial charge in [0.2, 0.25) is 23.6 Å². The fourth-order valence-corrected chi connectivity index (χ4v) is 7.26. The SMILES string of the molecule is COc1ccc([C@@H](CC(=O)NCc2ccccc2)[C@H](C)C(=O)NCc2ccccc2)cc1.COc1ccc([C@@H](CC(=O)NCc2ccccc2)[C@H](C)C(=O)NCc2ccccc2)cc1.ClC(Cl)Cl. The van der Waals surface area contributed by atoms with Crippen LogP contribution in [-0.4, -0.2) is 42.1 Å². The van der Waals surface area contributed by atoms with Crippen molar-refractivity contribution in [1.82, 2.24) is 21.3 Å². The van der Waals surface area contributed by atoms with E-state index >= 15 is 0 Å². The van der Waals surface area contributed by atoms with Gasteiger partial charge < -0.3 is 30.7 Å². The normalized spacial score (nSPS) is 12.2. The number of amides is 4. The van der Waals surface area contributed by atoms with E-state index < -0.39 is 4.30 Å². The largest absolute Gasteiger partial charge is 0.497 e. The molecule has 0 radical (unpaired) electrons. The Labute approximate surface area is 416 Å². The smallest absolute Gasteiger partial charge is 0.223 e. The van der Waals surface area contributed by atoms with Gasteiger partial charge >= 0.3 is 0 Å². The summed E-state index contributed by atoms with van der Waals surface area (Å²) in [6.45, 7) is 5.59. The van der Waals surface area contributed by atoms with Crippen molar-refractivity contribution in [3.63, 3.8) is 0 Å². The topological polar surface area (TPSA) is 135 Å². The van der Waals surface area contributed by atoms with Crippen LogP contribution in [-0.2, 0) is 45.4 Å². The minimum absolute atomic E-state index is 0.0782. The molecule has 0 bridgehead atoms. The Morgan fingerprint density at radius 3 is 0.912 bits per heavy atom. The first-order valence-electron chi connectivity index (χ1n) is 22.3. The molecular weight excluding hydrogens is 919 g/mol. The molecule has 6 aromatic rings. The minimum atomic E-state index is -0.750. The van der Waals surface area contributed by atoms with E-state index in [1.165, 1.54) is 0 Å². The molecule has 4 atom stereocenters. The van der Waals surface area contributed by atoms with Gasteiger partial charge in [0.1, 0.15) is 11.5 Å². The van der Waals surface area contributed by atoms with Crippen LogP contribution in [0.1, 0.15) is 71.9 Å². The van der Waals surface area contributed by atoms with E-state index in [2.05, 4.69) is 21.3 Å². The monoisotopic (exact) mass is 978 g/mol. The molecule has 0 fully saturated rings. The standard InChI is InChI=1S/2C27H30N2O3.CHCl3/c2*1-20(27(31)29-19-22-11-7-4-8-12-22)25(23-13-15-24(32-2)16-14-23)17-26(30)28-18-21-9-5-3-6-10-21;2-1(3)4/h2*3-16,20,25H,17-19H2,1-2H3,(H,28,30)(H,29,31);1H/t2*20-,25-;/m00./s1. The number of hydrogen-bond donors (Lipinski definition) is 4. The molecule has 0 saturated heterocycles. The number of benzene rings is 6. The van der Waals surface area contributed by atoms with Gasteiger partial charge in [-0.3, -0.25) is 19.2 Å². The molecule has 0 saturated carbocycles. The lowest BCUT2D eigenvalue weighted by Crippen LogP contribution is -2.34. The van der Waals surface area contributed by atoms with Crippen LogP contribution in [0.4, 0.5) is 0 Å². The fraction of sp³-hybridized carbons (Fsp3) is 0.273. The number of carbonyl (C=O) groups is 4. The first-order valence-corrected chi connectivity index (χ1v) is 23.6. The van der Waals surface area contributed by atoms with Gasteiger partial charge in [0.15, 0.2) is 4.30 Å². The van der Waals surface area contributed by atoms with Gasteiger partial charge in [-0.1, -0.05) is 194 Å². The number of nitrogens with one attached hydrogen (secondary N) is 4. The first kappa shape index (κ1) is 54.3. The highest BCUT2D eigenvalue weighted by atomic mass is 35.6. The van der Waals surface area contributed by atoms with E-state index in [0.29, 0.717) is 26.2 Å². The van der Waals surface area contributed by atoms with Crippen molar-refractivity contribution in [2.45, 2.75) is 69.0 Å². The average molecular weight is 980 g/mol. The van der Waals surface area contributed by atoms with Crippen LogP contribution in [0.5, 0.6) is 11.5 Å². The van der Waals surface area contributed by atoms with Crippen LogP contribution >= 0.6 is 34.8 Å². The summed E-state index contributed by atoms with van der Waals surface area (Å²) >= 11 is 14.4. The lowest BCUT2D eigenvalue weighted by molar-refractivity contribution is -0.128. The number of alkyl halides is 3. The number of rotatable bonds is 20. The molecule has 0 aliphatic heterocycles.